The lowest BCUT2D eigenvalue weighted by molar-refractivity contribution is 0.0474. The monoisotopic (exact) mass is 463 g/mol. The standard InChI is InChI=1S/C24H33NO4S2/c1-16(2)19-7-6-17(3)12-20(19)23-21(27-4)13-18(30-5)14-22(23)29-24(26)31-15-25-8-10-28-11-9-25/h12-14,19-20H,1,6-11,15H2,2-5H3. The minimum Gasteiger partial charge on any atom is -0.496 e. The molecule has 0 amide bonds. The van der Waals surface area contributed by atoms with Crippen LogP contribution in [-0.4, -0.2) is 55.7 Å². The first-order valence-corrected chi connectivity index (χ1v) is 12.9. The van der Waals surface area contributed by atoms with E-state index < -0.39 is 0 Å². The third-order valence-corrected chi connectivity index (χ3v) is 7.43. The molecule has 0 spiro atoms. The van der Waals surface area contributed by atoms with Gasteiger partial charge in [0.25, 0.3) is 0 Å². The van der Waals surface area contributed by atoms with Crippen molar-refractivity contribution in [1.29, 1.82) is 0 Å². The number of allylic oxidation sites excluding steroid dienone is 3. The normalized spacial score (nSPS) is 22.0. The number of carbonyl (C=O) groups is 1. The molecule has 1 aromatic carbocycles. The highest BCUT2D eigenvalue weighted by Gasteiger charge is 2.32. The van der Waals surface area contributed by atoms with Crippen LogP contribution in [0.3, 0.4) is 0 Å². The third-order valence-electron chi connectivity index (χ3n) is 5.91. The number of carbonyl (C=O) groups excluding carboxylic acids is 1. The fourth-order valence-corrected chi connectivity index (χ4v) is 5.32. The van der Waals surface area contributed by atoms with Crippen molar-refractivity contribution in [2.24, 2.45) is 5.92 Å². The van der Waals surface area contributed by atoms with Gasteiger partial charge < -0.3 is 14.2 Å². The Balaban J connectivity index is 1.89. The minimum absolute atomic E-state index is 0.0733. The van der Waals surface area contributed by atoms with Gasteiger partial charge in [-0.1, -0.05) is 23.8 Å². The largest absolute Gasteiger partial charge is 0.496 e. The van der Waals surface area contributed by atoms with Gasteiger partial charge in [-0.2, -0.15) is 0 Å². The molecule has 1 fully saturated rings. The topological polar surface area (TPSA) is 48.0 Å². The number of nitrogens with zero attached hydrogens (tertiary/aromatic N) is 1. The number of benzene rings is 1. The van der Waals surface area contributed by atoms with Crippen LogP contribution in [0.1, 0.15) is 38.2 Å². The van der Waals surface area contributed by atoms with Gasteiger partial charge in [-0.05, 0) is 62.8 Å². The average Bonchev–Trinajstić information content (AvgIpc) is 2.77. The van der Waals surface area contributed by atoms with Gasteiger partial charge in [0.05, 0.1) is 26.2 Å². The summed E-state index contributed by atoms with van der Waals surface area (Å²) in [5, 5.41) is -0.295. The van der Waals surface area contributed by atoms with Crippen LogP contribution < -0.4 is 9.47 Å². The highest BCUT2D eigenvalue weighted by Crippen LogP contribution is 2.48. The van der Waals surface area contributed by atoms with Gasteiger partial charge in [-0.3, -0.25) is 4.90 Å². The number of hydrogen-bond acceptors (Lipinski definition) is 7. The van der Waals surface area contributed by atoms with Crippen LogP contribution in [0.2, 0.25) is 0 Å². The molecule has 3 rings (SSSR count). The van der Waals surface area contributed by atoms with Gasteiger partial charge in [0.15, 0.2) is 0 Å². The van der Waals surface area contributed by atoms with Crippen molar-refractivity contribution in [2.75, 3.05) is 45.5 Å². The van der Waals surface area contributed by atoms with Gasteiger partial charge >= 0.3 is 5.30 Å². The van der Waals surface area contributed by atoms with Crippen molar-refractivity contribution < 1.29 is 19.0 Å². The molecule has 0 aromatic heterocycles. The SMILES string of the molecule is C=C(C)C1CCC(C)=CC1c1c(OC)cc(SC)cc1OC(=O)SCN1CCOCC1. The zero-order valence-electron chi connectivity index (χ0n) is 18.9. The van der Waals surface area contributed by atoms with E-state index in [0.717, 1.165) is 47.7 Å². The van der Waals surface area contributed by atoms with Gasteiger partial charge in [0.2, 0.25) is 0 Å². The lowest BCUT2D eigenvalue weighted by Gasteiger charge is -2.32. The van der Waals surface area contributed by atoms with Gasteiger partial charge in [0, 0.05) is 29.5 Å². The summed E-state index contributed by atoms with van der Waals surface area (Å²) >= 11 is 2.80. The highest BCUT2D eigenvalue weighted by atomic mass is 32.2. The smallest absolute Gasteiger partial charge is 0.374 e. The molecule has 2 atom stereocenters. The van der Waals surface area contributed by atoms with E-state index in [2.05, 4.69) is 31.4 Å². The van der Waals surface area contributed by atoms with E-state index in [9.17, 15) is 4.79 Å². The summed E-state index contributed by atoms with van der Waals surface area (Å²) in [4.78, 5) is 16.0. The molecule has 0 N–H and O–H groups in total. The lowest BCUT2D eigenvalue weighted by atomic mass is 9.74. The van der Waals surface area contributed by atoms with E-state index in [4.69, 9.17) is 14.2 Å². The maximum Gasteiger partial charge on any atom is 0.374 e. The van der Waals surface area contributed by atoms with E-state index in [1.165, 1.54) is 17.3 Å². The molecule has 1 saturated heterocycles. The first kappa shape index (κ1) is 24.2. The summed E-state index contributed by atoms with van der Waals surface area (Å²) < 4.78 is 17.1. The molecule has 0 bridgehead atoms. The average molecular weight is 464 g/mol. The van der Waals surface area contributed by atoms with Crippen molar-refractivity contribution in [3.63, 3.8) is 0 Å². The fourth-order valence-electron chi connectivity index (χ4n) is 4.18. The molecule has 1 aliphatic heterocycles. The number of rotatable bonds is 7. The second-order valence-corrected chi connectivity index (χ2v) is 9.89. The Labute approximate surface area is 194 Å². The Bertz CT molecular complexity index is 833. The van der Waals surface area contributed by atoms with Crippen LogP contribution in [-0.2, 0) is 4.74 Å². The van der Waals surface area contributed by atoms with Crippen molar-refractivity contribution in [3.8, 4) is 11.5 Å². The van der Waals surface area contributed by atoms with Crippen LogP contribution in [0.5, 0.6) is 11.5 Å². The Kier molecular flexibility index (Phi) is 8.95. The molecular weight excluding hydrogens is 430 g/mol. The molecule has 2 unspecified atom stereocenters. The predicted octanol–water partition coefficient (Wildman–Crippen LogP) is 5.95. The number of thioether (sulfide) groups is 2. The zero-order chi connectivity index (χ0) is 22.4. The summed E-state index contributed by atoms with van der Waals surface area (Å²) in [7, 11) is 1.68. The molecule has 5 nitrogen and oxygen atoms in total. The van der Waals surface area contributed by atoms with E-state index >= 15 is 0 Å². The molecule has 170 valence electrons. The van der Waals surface area contributed by atoms with Crippen LogP contribution in [0.15, 0.2) is 40.8 Å². The second-order valence-electron chi connectivity index (χ2n) is 8.13. The number of methoxy groups -OCH3 is 1. The van der Waals surface area contributed by atoms with Crippen LogP contribution in [0.4, 0.5) is 4.79 Å². The molecule has 7 heteroatoms. The van der Waals surface area contributed by atoms with Gasteiger partial charge in [0.1, 0.15) is 11.5 Å². The molecule has 1 heterocycles. The molecule has 0 radical (unpaired) electrons. The number of morpholine rings is 1. The quantitative estimate of drug-likeness (QED) is 0.281. The Hall–Kier alpha value is -1.41. The molecule has 0 saturated carbocycles. The fraction of sp³-hybridized carbons (Fsp3) is 0.542. The first-order valence-electron chi connectivity index (χ1n) is 10.7. The van der Waals surface area contributed by atoms with E-state index in [0.29, 0.717) is 24.8 Å². The highest BCUT2D eigenvalue weighted by molar-refractivity contribution is 8.13. The molecule has 1 aliphatic carbocycles. The lowest BCUT2D eigenvalue weighted by Crippen LogP contribution is -2.36. The van der Waals surface area contributed by atoms with E-state index in [1.807, 2.05) is 18.4 Å². The summed E-state index contributed by atoms with van der Waals surface area (Å²) in [6.45, 7) is 11.6. The van der Waals surface area contributed by atoms with Crippen LogP contribution >= 0.6 is 23.5 Å². The zero-order valence-corrected chi connectivity index (χ0v) is 20.6. The van der Waals surface area contributed by atoms with Crippen molar-refractivity contribution >= 4 is 28.8 Å². The summed E-state index contributed by atoms with van der Waals surface area (Å²) in [6.07, 6.45) is 6.39. The van der Waals surface area contributed by atoms with E-state index in [1.54, 1.807) is 18.9 Å². The minimum atomic E-state index is -0.295. The molecule has 1 aromatic rings. The maximum absolute atomic E-state index is 12.8. The molecule has 31 heavy (non-hydrogen) atoms. The second kappa shape index (κ2) is 11.5. The molecular formula is C24H33NO4S2. The third kappa shape index (κ3) is 6.31. The van der Waals surface area contributed by atoms with Crippen molar-refractivity contribution in [1.82, 2.24) is 4.90 Å². The van der Waals surface area contributed by atoms with E-state index in [-0.39, 0.29) is 17.1 Å². The number of ether oxygens (including phenoxy) is 3. The van der Waals surface area contributed by atoms with Crippen molar-refractivity contribution in [2.45, 2.75) is 37.5 Å². The summed E-state index contributed by atoms with van der Waals surface area (Å²) in [5.74, 6) is 2.31. The van der Waals surface area contributed by atoms with Gasteiger partial charge in [-0.15, -0.1) is 11.8 Å². The van der Waals surface area contributed by atoms with Crippen molar-refractivity contribution in [3.05, 3.63) is 41.5 Å². The molecule has 2 aliphatic rings. The maximum atomic E-state index is 12.8. The Morgan fingerprint density at radius 3 is 2.65 bits per heavy atom. The number of hydrogen-bond donors (Lipinski definition) is 0. The summed E-state index contributed by atoms with van der Waals surface area (Å²) in [5.41, 5.74) is 3.42. The van der Waals surface area contributed by atoms with Crippen LogP contribution in [0.25, 0.3) is 0 Å². The first-order chi connectivity index (χ1) is 14.9. The predicted molar refractivity (Wildman–Crippen MR) is 130 cm³/mol. The Morgan fingerprint density at radius 2 is 2.00 bits per heavy atom. The van der Waals surface area contributed by atoms with Gasteiger partial charge in [-0.25, -0.2) is 4.79 Å². The van der Waals surface area contributed by atoms with Crippen LogP contribution in [0, 0.1) is 5.92 Å². The summed E-state index contributed by atoms with van der Waals surface area (Å²) in [6, 6.07) is 3.99. The Morgan fingerprint density at radius 1 is 1.29 bits per heavy atom.